The van der Waals surface area contributed by atoms with Gasteiger partial charge in [0, 0.05) is 160 Å². The van der Waals surface area contributed by atoms with E-state index in [1.165, 1.54) is 155 Å². The number of rotatable bonds is 16. The van der Waals surface area contributed by atoms with Crippen LogP contribution < -0.4 is 4.98 Å². The van der Waals surface area contributed by atoms with E-state index < -0.39 is 14.2 Å². The van der Waals surface area contributed by atoms with Gasteiger partial charge in [0.1, 0.15) is 26.7 Å². The van der Waals surface area contributed by atoms with Gasteiger partial charge in [0.15, 0.2) is 5.89 Å². The fraction of sp³-hybridized carbons (Fsp3) is 0.477. The van der Waals surface area contributed by atoms with Gasteiger partial charge in [-0.2, -0.15) is 44.0 Å². The molecule has 2 aliphatic heterocycles. The maximum atomic E-state index is 13.6. The Kier molecular flexibility index (Phi) is 37.8. The first kappa shape index (κ1) is 94.7. The average Bonchev–Trinajstić information content (AvgIpc) is 1.66. The van der Waals surface area contributed by atoms with E-state index in [2.05, 4.69) is 199 Å². The van der Waals surface area contributed by atoms with Crippen LogP contribution in [0.1, 0.15) is 237 Å². The Labute approximate surface area is 736 Å². The van der Waals surface area contributed by atoms with Crippen molar-refractivity contribution in [3.63, 3.8) is 0 Å². The molecule has 7 aliphatic rings. The number of hydrogen-bond donors (Lipinski definition) is 2. The number of aliphatic imine (C=N–C) groups is 3. The van der Waals surface area contributed by atoms with Gasteiger partial charge in [0.05, 0.1) is 11.9 Å². The van der Waals surface area contributed by atoms with Gasteiger partial charge in [-0.05, 0) is 157 Å². The molecular formula is C88H111BFIr2N16O2Pt2SSi-4. The number of H-pyrrole nitrogens is 2. The van der Waals surface area contributed by atoms with Crippen LogP contribution in [0.5, 0.6) is 0 Å². The number of nitrogens with one attached hydrogen (secondary N) is 2. The molecule has 2 N–H and O–H groups in total. The van der Waals surface area contributed by atoms with E-state index in [1.54, 1.807) is 72.9 Å². The van der Waals surface area contributed by atoms with Crippen LogP contribution >= 0.6 is 11.3 Å². The van der Waals surface area contributed by atoms with Crippen molar-refractivity contribution in [2.45, 2.75) is 247 Å². The first-order valence-electron chi connectivity index (χ1n) is 39.7. The summed E-state index contributed by atoms with van der Waals surface area (Å²) in [6, 6.07) is 23.0. The molecule has 17 rings (SSSR count). The van der Waals surface area contributed by atoms with Crippen LogP contribution in [-0.2, 0) is 94.2 Å². The SMILES string of the molecule is CC(=C1[C-]=CC(CCC2(C)CCCCC2)=C1)c1nc(C)co1.CC(c1nc(F)n[c-]c1-c1ccccn1)C1(C)CCCC1.CC1(CC2=C[Si](C)(C)C(C(C)(C)c3[c-]ccs3)=N2)CCCC1.CC1(Cc2ccc3[n-]c(-c4ncco4)nc3c2)CCCCCCC1.[B](C1N=CC=N1)n1cccn1.[Ir].[Ir].[Pt].[Pt].c1cn[nH]c1.c1cn[nH]c1. The molecule has 0 saturated heterocycles. The molecule has 0 amide bonds. The van der Waals surface area contributed by atoms with E-state index in [-0.39, 0.29) is 105 Å². The van der Waals surface area contributed by atoms with E-state index in [9.17, 15) is 4.39 Å². The molecule has 617 valence electrons. The topological polar surface area (TPSA) is 230 Å². The van der Waals surface area contributed by atoms with Gasteiger partial charge >= 0.3 is 7.41 Å². The zero-order chi connectivity index (χ0) is 77.5. The molecule has 4 saturated carbocycles. The van der Waals surface area contributed by atoms with Gasteiger partial charge in [-0.3, -0.25) is 36.5 Å². The molecular weight excluding hydrogens is 2180 g/mol. The average molecular weight is 2290 g/mol. The van der Waals surface area contributed by atoms with Crippen molar-refractivity contribution in [2.75, 3.05) is 0 Å². The van der Waals surface area contributed by atoms with Gasteiger partial charge in [0.25, 0.3) is 0 Å². The third-order valence-electron chi connectivity index (χ3n) is 22.9. The molecule has 9 aromatic heterocycles. The summed E-state index contributed by atoms with van der Waals surface area (Å²) in [4.78, 5) is 44.3. The molecule has 26 heteroatoms. The first-order valence-corrected chi connectivity index (χ1v) is 43.7. The summed E-state index contributed by atoms with van der Waals surface area (Å²) in [5, 5.41) is 20.0. The maximum Gasteiger partial charge on any atom is 0.335 e. The van der Waals surface area contributed by atoms with Crippen molar-refractivity contribution in [2.24, 2.45) is 36.6 Å². The number of pyridine rings is 1. The predicted molar refractivity (Wildman–Crippen MR) is 446 cm³/mol. The summed E-state index contributed by atoms with van der Waals surface area (Å²) in [7, 11) is 0.279. The van der Waals surface area contributed by atoms with Gasteiger partial charge in [-0.25, -0.2) is 26.5 Å². The van der Waals surface area contributed by atoms with Crippen LogP contribution in [0.2, 0.25) is 13.1 Å². The number of nitrogens with zero attached hydrogens (tertiary/aromatic N) is 14. The quantitative estimate of drug-likeness (QED) is 0.0523. The minimum atomic E-state index is -1.55. The minimum Gasteiger partial charge on any atom is -0.453 e. The zero-order valence-electron chi connectivity index (χ0n) is 67.9. The fourth-order valence-corrected chi connectivity index (χ4v) is 20.7. The molecule has 114 heavy (non-hydrogen) atoms. The number of imidazole rings is 1. The predicted octanol–water partition coefficient (Wildman–Crippen LogP) is 21.6. The summed E-state index contributed by atoms with van der Waals surface area (Å²) in [5.41, 5.74) is 15.5. The van der Waals surface area contributed by atoms with Gasteiger partial charge < -0.3 is 38.3 Å². The Morgan fingerprint density at radius 1 is 0.763 bits per heavy atom. The molecule has 3 radical (unpaired) electrons. The number of aryl methyl sites for hydroxylation is 1. The summed E-state index contributed by atoms with van der Waals surface area (Å²) in [5.74, 6) is 1.93. The summed E-state index contributed by atoms with van der Waals surface area (Å²) < 4.78 is 26.1. The Hall–Kier alpha value is -6.47. The van der Waals surface area contributed by atoms with E-state index >= 15 is 0 Å². The number of aromatic nitrogens is 13. The second kappa shape index (κ2) is 45.5. The molecule has 1 aromatic carbocycles. The number of thiophene rings is 1. The van der Waals surface area contributed by atoms with Crippen LogP contribution in [0.4, 0.5) is 4.39 Å². The van der Waals surface area contributed by atoms with E-state index in [4.69, 9.17) is 13.8 Å². The Balaban J connectivity index is 0.000000192. The zero-order valence-corrected chi connectivity index (χ0v) is 79.0. The molecule has 11 heterocycles. The summed E-state index contributed by atoms with van der Waals surface area (Å²) in [6.45, 7) is 25.4. The third-order valence-corrected chi connectivity index (χ3v) is 27.1. The van der Waals surface area contributed by atoms with Crippen molar-refractivity contribution in [3.05, 3.63) is 215 Å². The van der Waals surface area contributed by atoms with E-state index in [0.29, 0.717) is 33.9 Å². The van der Waals surface area contributed by atoms with Crippen LogP contribution in [0.3, 0.4) is 0 Å². The molecule has 0 spiro atoms. The van der Waals surface area contributed by atoms with Crippen molar-refractivity contribution < 1.29 is 95.6 Å². The Bertz CT molecular complexity index is 4580. The summed E-state index contributed by atoms with van der Waals surface area (Å²) >= 11 is 1.81. The Morgan fingerprint density at radius 3 is 1.99 bits per heavy atom. The number of oxazole rings is 2. The van der Waals surface area contributed by atoms with Crippen LogP contribution in [0.15, 0.2) is 187 Å². The maximum absolute atomic E-state index is 13.6. The number of halogens is 1. The smallest absolute Gasteiger partial charge is 0.335 e. The van der Waals surface area contributed by atoms with Crippen molar-refractivity contribution >= 4 is 61.2 Å². The third kappa shape index (κ3) is 27.6. The second-order valence-corrected chi connectivity index (χ2v) is 38.2. The largest absolute Gasteiger partial charge is 0.453 e. The number of benzene rings is 1. The van der Waals surface area contributed by atoms with Crippen LogP contribution in [0.25, 0.3) is 39.6 Å². The monoisotopic (exact) mass is 2290 g/mol. The van der Waals surface area contributed by atoms with Gasteiger partial charge in [-0.1, -0.05) is 210 Å². The fourth-order valence-electron chi connectivity index (χ4n) is 16.5. The van der Waals surface area contributed by atoms with E-state index in [0.717, 1.165) is 70.5 Å². The second-order valence-electron chi connectivity index (χ2n) is 33.0. The number of allylic oxidation sites excluding steroid dienone is 7. The Morgan fingerprint density at radius 2 is 1.41 bits per heavy atom. The first-order chi connectivity index (χ1) is 53.1. The summed E-state index contributed by atoms with van der Waals surface area (Å²) in [6.07, 6.45) is 62.0. The van der Waals surface area contributed by atoms with Gasteiger partial charge in [-0.15, -0.1) is 6.08 Å². The van der Waals surface area contributed by atoms with Crippen LogP contribution in [-0.4, -0.2) is 99.3 Å². The number of aromatic amines is 2. The standard InChI is InChI=1S/C20H24N3O.C20H26NO.C19H28NSSi.C17H19FN3.C6H6BN4.2C3H4N2.2Ir.2Pt/c1-20(9-5-3-2-4-6-10-20)14-15-7-8-16-17(13-15)23-18(22-16)19-21-11-12-24-19;1-15-14-22-19(21-15)16(2)18-8-7-17(13-18)9-12-20(3)10-5-4-6-11-20;1-18(2,16-9-8-12-21-16)17-20-15(14-22(17,4)5)13-19(3)10-6-7-11-19;1-12(17(2)8-4-5-9-17)15-13(11-20-16(18)21-15)14-7-3-6-10-19-14;1-2-10-11(5-1)7-6-8-3-4-9-6;2*1-2-4-5-3-1;;;;/h7-8,11-13H,2-6,9-10,14H2,1H3;7,13-14H,4-6,9-12H2,1-3H3;8,12,14H,6-7,10-11,13H2,1-5H3;3,6-7,10,12H,4-5,8-9H2,1-2H3;1-6H;2*1-3H,(H,4,5);;;;/q4*-1;;;;;;;. The normalized spacial score (nSPS) is 18.5. The number of hydrogen-bond acceptors (Lipinski definition) is 15. The molecule has 0 bridgehead atoms. The van der Waals surface area contributed by atoms with Gasteiger partial charge in [0.2, 0.25) is 12.0 Å². The number of fused-ring (bicyclic) bond motifs is 1. The minimum absolute atomic E-state index is 0. The van der Waals surface area contributed by atoms with Crippen molar-refractivity contribution in [3.8, 4) is 23.0 Å². The molecule has 4 fully saturated rings. The van der Waals surface area contributed by atoms with Crippen molar-refractivity contribution in [1.82, 2.24) is 65.0 Å². The molecule has 1 atom stereocenters. The molecule has 10 aromatic rings. The molecule has 1 unspecified atom stereocenters. The molecule has 18 nitrogen and oxygen atoms in total. The van der Waals surface area contributed by atoms with E-state index in [1.807, 2.05) is 74.3 Å². The molecule has 5 aliphatic carbocycles. The van der Waals surface area contributed by atoms with Crippen molar-refractivity contribution in [1.29, 1.82) is 0 Å². The van der Waals surface area contributed by atoms with Crippen LogP contribution in [0, 0.1) is 53.0 Å².